The van der Waals surface area contributed by atoms with Crippen molar-refractivity contribution in [2.45, 2.75) is 25.9 Å². The third kappa shape index (κ3) is 3.57. The second-order valence-electron chi connectivity index (χ2n) is 5.63. The molecule has 1 aromatic rings. The van der Waals surface area contributed by atoms with E-state index in [0.717, 1.165) is 18.5 Å². The molecule has 1 amide bonds. The molecule has 2 aliphatic rings. The highest BCUT2D eigenvalue weighted by atomic mass is 16.6. The van der Waals surface area contributed by atoms with Crippen LogP contribution in [0.1, 0.15) is 24.8 Å². The van der Waals surface area contributed by atoms with Crippen molar-refractivity contribution >= 4 is 6.09 Å². The second kappa shape index (κ2) is 6.66. The summed E-state index contributed by atoms with van der Waals surface area (Å²) in [6.07, 6.45) is 5.50. The molecule has 4 nitrogen and oxygen atoms in total. The van der Waals surface area contributed by atoms with Gasteiger partial charge in [0.2, 0.25) is 0 Å². The van der Waals surface area contributed by atoms with Crippen molar-refractivity contribution < 1.29 is 9.53 Å². The zero-order valence-corrected chi connectivity index (χ0v) is 12.3. The SMILES string of the molecule is O=C(OCc1ccccc1)N1CC=C(N2CCCC2)CC1. The van der Waals surface area contributed by atoms with Gasteiger partial charge in [-0.1, -0.05) is 30.3 Å². The summed E-state index contributed by atoms with van der Waals surface area (Å²) < 4.78 is 5.37. The molecular formula is C17H22N2O2. The standard InChI is InChI=1S/C17H22N2O2/c20-17(21-14-15-6-2-1-3-7-15)19-12-8-16(9-13-19)18-10-4-5-11-18/h1-3,6-8H,4-5,9-14H2. The van der Waals surface area contributed by atoms with Crippen LogP contribution in [-0.2, 0) is 11.3 Å². The summed E-state index contributed by atoms with van der Waals surface area (Å²) in [5.41, 5.74) is 2.43. The molecule has 1 saturated heterocycles. The van der Waals surface area contributed by atoms with E-state index in [-0.39, 0.29) is 6.09 Å². The van der Waals surface area contributed by atoms with Gasteiger partial charge < -0.3 is 14.5 Å². The Balaban J connectivity index is 1.48. The van der Waals surface area contributed by atoms with Crippen molar-refractivity contribution in [2.24, 2.45) is 0 Å². The minimum Gasteiger partial charge on any atom is -0.445 e. The van der Waals surface area contributed by atoms with Crippen molar-refractivity contribution in [3.05, 3.63) is 47.7 Å². The summed E-state index contributed by atoms with van der Waals surface area (Å²) in [5, 5.41) is 0. The molecule has 0 atom stereocenters. The minimum atomic E-state index is -0.212. The first-order valence-corrected chi connectivity index (χ1v) is 7.72. The number of hydrogen-bond donors (Lipinski definition) is 0. The predicted octanol–water partition coefficient (Wildman–Crippen LogP) is 3.01. The molecule has 0 bridgehead atoms. The monoisotopic (exact) mass is 286 g/mol. The Kier molecular flexibility index (Phi) is 4.43. The number of benzene rings is 1. The fraction of sp³-hybridized carbons (Fsp3) is 0.471. The van der Waals surface area contributed by atoms with Crippen molar-refractivity contribution in [3.63, 3.8) is 0 Å². The molecule has 21 heavy (non-hydrogen) atoms. The topological polar surface area (TPSA) is 32.8 Å². The maximum Gasteiger partial charge on any atom is 0.410 e. The third-order valence-corrected chi connectivity index (χ3v) is 4.16. The maximum atomic E-state index is 12.1. The van der Waals surface area contributed by atoms with E-state index in [1.165, 1.54) is 31.6 Å². The van der Waals surface area contributed by atoms with Crippen molar-refractivity contribution in [1.82, 2.24) is 9.80 Å². The van der Waals surface area contributed by atoms with E-state index in [0.29, 0.717) is 13.2 Å². The van der Waals surface area contributed by atoms with E-state index in [4.69, 9.17) is 4.74 Å². The van der Waals surface area contributed by atoms with Gasteiger partial charge in [0.15, 0.2) is 0 Å². The average molecular weight is 286 g/mol. The van der Waals surface area contributed by atoms with Crippen LogP contribution in [0.4, 0.5) is 4.79 Å². The molecule has 3 rings (SSSR count). The molecule has 2 heterocycles. The molecule has 1 fully saturated rings. The normalized spacial score (nSPS) is 18.6. The molecule has 1 aromatic carbocycles. The summed E-state index contributed by atoms with van der Waals surface area (Å²) >= 11 is 0. The molecule has 0 unspecified atom stereocenters. The van der Waals surface area contributed by atoms with E-state index >= 15 is 0 Å². The molecule has 0 radical (unpaired) electrons. The minimum absolute atomic E-state index is 0.212. The highest BCUT2D eigenvalue weighted by molar-refractivity contribution is 5.68. The van der Waals surface area contributed by atoms with Gasteiger partial charge in [0.05, 0.1) is 0 Å². The number of rotatable bonds is 3. The number of amides is 1. The Morgan fingerprint density at radius 1 is 1.10 bits per heavy atom. The van der Waals surface area contributed by atoms with Crippen LogP contribution < -0.4 is 0 Å². The molecule has 112 valence electrons. The molecule has 0 N–H and O–H groups in total. The van der Waals surface area contributed by atoms with E-state index in [2.05, 4.69) is 11.0 Å². The summed E-state index contributed by atoms with van der Waals surface area (Å²) in [6, 6.07) is 9.80. The molecule has 0 aromatic heterocycles. The molecule has 2 aliphatic heterocycles. The molecule has 0 spiro atoms. The van der Waals surface area contributed by atoms with Gasteiger partial charge in [-0.2, -0.15) is 0 Å². The fourth-order valence-electron chi connectivity index (χ4n) is 2.93. The van der Waals surface area contributed by atoms with Crippen molar-refractivity contribution in [3.8, 4) is 0 Å². The summed E-state index contributed by atoms with van der Waals surface area (Å²) in [5.74, 6) is 0. The molecule has 0 aliphatic carbocycles. The fourth-order valence-corrected chi connectivity index (χ4v) is 2.93. The van der Waals surface area contributed by atoms with Gasteiger partial charge in [-0.15, -0.1) is 0 Å². The van der Waals surface area contributed by atoms with E-state index < -0.39 is 0 Å². The Morgan fingerprint density at radius 3 is 2.52 bits per heavy atom. The van der Waals surface area contributed by atoms with E-state index in [1.54, 1.807) is 4.90 Å². The number of carbonyl (C=O) groups is 1. The number of nitrogens with zero attached hydrogens (tertiary/aromatic N) is 2. The lowest BCUT2D eigenvalue weighted by molar-refractivity contribution is 0.0976. The van der Waals surface area contributed by atoms with Crippen LogP contribution >= 0.6 is 0 Å². The number of carbonyl (C=O) groups excluding carboxylic acids is 1. The van der Waals surface area contributed by atoms with Crippen molar-refractivity contribution in [2.75, 3.05) is 26.2 Å². The van der Waals surface area contributed by atoms with Crippen LogP contribution in [0, 0.1) is 0 Å². The average Bonchev–Trinajstić information content (AvgIpc) is 3.08. The maximum absolute atomic E-state index is 12.1. The molecule has 4 heteroatoms. The van der Waals surface area contributed by atoms with Gasteiger partial charge in [-0.05, 0) is 24.5 Å². The summed E-state index contributed by atoms with van der Waals surface area (Å²) in [4.78, 5) is 16.3. The number of hydrogen-bond acceptors (Lipinski definition) is 3. The van der Waals surface area contributed by atoms with Crippen LogP contribution in [0.3, 0.4) is 0 Å². The van der Waals surface area contributed by atoms with Gasteiger partial charge in [0.1, 0.15) is 6.61 Å². The van der Waals surface area contributed by atoms with Gasteiger partial charge in [0.25, 0.3) is 0 Å². The van der Waals surface area contributed by atoms with Gasteiger partial charge in [-0.3, -0.25) is 0 Å². The van der Waals surface area contributed by atoms with Gasteiger partial charge in [-0.25, -0.2) is 4.79 Å². The lowest BCUT2D eigenvalue weighted by atomic mass is 10.2. The first kappa shape index (κ1) is 14.0. The highest BCUT2D eigenvalue weighted by Gasteiger charge is 2.22. The Bertz CT molecular complexity index is 507. The van der Waals surface area contributed by atoms with Crippen molar-refractivity contribution in [1.29, 1.82) is 0 Å². The Morgan fingerprint density at radius 2 is 1.86 bits per heavy atom. The summed E-state index contributed by atoms with van der Waals surface area (Å²) in [7, 11) is 0. The summed E-state index contributed by atoms with van der Waals surface area (Å²) in [6.45, 7) is 4.11. The Hall–Kier alpha value is -1.97. The van der Waals surface area contributed by atoms with E-state index in [1.807, 2.05) is 30.3 Å². The first-order chi connectivity index (χ1) is 10.3. The van der Waals surface area contributed by atoms with Gasteiger partial charge >= 0.3 is 6.09 Å². The number of ether oxygens (including phenoxy) is 1. The van der Waals surface area contributed by atoms with E-state index in [9.17, 15) is 4.79 Å². The first-order valence-electron chi connectivity index (χ1n) is 7.72. The lowest BCUT2D eigenvalue weighted by Crippen LogP contribution is -2.37. The van der Waals surface area contributed by atoms with Crippen LogP contribution in [0.25, 0.3) is 0 Å². The quantitative estimate of drug-likeness (QED) is 0.856. The van der Waals surface area contributed by atoms with Crippen LogP contribution in [0.2, 0.25) is 0 Å². The predicted molar refractivity (Wildman–Crippen MR) is 81.7 cm³/mol. The van der Waals surface area contributed by atoms with Crippen LogP contribution in [0.5, 0.6) is 0 Å². The largest absolute Gasteiger partial charge is 0.445 e. The Labute approximate surface area is 126 Å². The van der Waals surface area contributed by atoms with Crippen LogP contribution in [-0.4, -0.2) is 42.1 Å². The zero-order chi connectivity index (χ0) is 14.5. The lowest BCUT2D eigenvalue weighted by Gasteiger charge is -2.30. The van der Waals surface area contributed by atoms with Gasteiger partial charge in [0, 0.05) is 38.3 Å². The molecular weight excluding hydrogens is 264 g/mol. The van der Waals surface area contributed by atoms with Crippen LogP contribution in [0.15, 0.2) is 42.1 Å². The second-order valence-corrected chi connectivity index (χ2v) is 5.63. The smallest absolute Gasteiger partial charge is 0.410 e. The zero-order valence-electron chi connectivity index (χ0n) is 12.3. The highest BCUT2D eigenvalue weighted by Crippen LogP contribution is 2.21. The number of likely N-dealkylation sites (tertiary alicyclic amines) is 1. The molecule has 0 saturated carbocycles. The third-order valence-electron chi connectivity index (χ3n) is 4.16.